The van der Waals surface area contributed by atoms with Crippen molar-refractivity contribution in [1.29, 1.82) is 0 Å². The molecule has 0 saturated heterocycles. The van der Waals surface area contributed by atoms with Crippen molar-refractivity contribution in [2.75, 3.05) is 26.9 Å². The van der Waals surface area contributed by atoms with Crippen molar-refractivity contribution in [3.05, 3.63) is 120 Å². The van der Waals surface area contributed by atoms with Crippen LogP contribution in [0.25, 0.3) is 11.1 Å². The number of nitrogens with zero attached hydrogens (tertiary/aromatic N) is 1. The summed E-state index contributed by atoms with van der Waals surface area (Å²) in [6, 6.07) is 24.7. The van der Waals surface area contributed by atoms with Crippen molar-refractivity contribution in [3.8, 4) is 16.9 Å². The number of carbonyl (C=O) groups is 2. The SMILES string of the molecule is COCCOc1cccc(CNC(=O)c2cccc([C@@H](CO)NC(=O)c3ccc(-c4ccncc4)cc3)c2)c1. The Hall–Kier alpha value is -4.53. The molecule has 39 heavy (non-hydrogen) atoms. The summed E-state index contributed by atoms with van der Waals surface area (Å²) >= 11 is 0. The standard InChI is InChI=1S/C31H31N3O5/c1-38-16-17-39-28-7-2-4-22(18-28)20-33-30(36)27-6-3-5-26(19-27)29(21-35)34-31(37)25-10-8-23(9-11-25)24-12-14-32-15-13-24/h2-15,18-19,29,35H,16-17,20-21H2,1H3,(H,33,36)(H,34,37)/t29-/m1/s1. The van der Waals surface area contributed by atoms with E-state index in [0.717, 1.165) is 16.7 Å². The summed E-state index contributed by atoms with van der Waals surface area (Å²) in [4.78, 5) is 29.8. The Morgan fingerprint density at radius 2 is 1.59 bits per heavy atom. The van der Waals surface area contributed by atoms with E-state index in [1.807, 2.05) is 48.5 Å². The number of rotatable bonds is 12. The van der Waals surface area contributed by atoms with Crippen LogP contribution in [0.3, 0.4) is 0 Å². The Balaban J connectivity index is 1.37. The van der Waals surface area contributed by atoms with Crippen molar-refractivity contribution < 1.29 is 24.2 Å². The molecule has 0 radical (unpaired) electrons. The van der Waals surface area contributed by atoms with E-state index in [9.17, 15) is 14.7 Å². The molecule has 8 heteroatoms. The summed E-state index contributed by atoms with van der Waals surface area (Å²) in [5.74, 6) is 0.115. The third-order valence-electron chi connectivity index (χ3n) is 6.11. The highest BCUT2D eigenvalue weighted by Crippen LogP contribution is 2.20. The average Bonchev–Trinajstić information content (AvgIpc) is 2.99. The molecule has 3 aromatic carbocycles. The van der Waals surface area contributed by atoms with E-state index in [2.05, 4.69) is 15.6 Å². The summed E-state index contributed by atoms with van der Waals surface area (Å²) in [7, 11) is 1.62. The summed E-state index contributed by atoms with van der Waals surface area (Å²) in [5, 5.41) is 15.8. The second-order valence-electron chi connectivity index (χ2n) is 8.82. The molecule has 8 nitrogen and oxygen atoms in total. The number of methoxy groups -OCH3 is 1. The first-order valence-corrected chi connectivity index (χ1v) is 12.6. The van der Waals surface area contributed by atoms with Crippen LogP contribution in [0.4, 0.5) is 0 Å². The van der Waals surface area contributed by atoms with Gasteiger partial charge in [-0.15, -0.1) is 0 Å². The van der Waals surface area contributed by atoms with E-state index in [0.29, 0.717) is 42.2 Å². The maximum atomic E-state index is 12.9. The molecule has 0 aliphatic heterocycles. The number of hydrogen-bond acceptors (Lipinski definition) is 6. The van der Waals surface area contributed by atoms with Crippen LogP contribution in [0.15, 0.2) is 97.3 Å². The number of aromatic nitrogens is 1. The fourth-order valence-corrected chi connectivity index (χ4v) is 4.00. The van der Waals surface area contributed by atoms with Crippen molar-refractivity contribution in [2.24, 2.45) is 0 Å². The third-order valence-corrected chi connectivity index (χ3v) is 6.11. The first-order valence-electron chi connectivity index (χ1n) is 12.6. The van der Waals surface area contributed by atoms with Gasteiger partial charge in [-0.25, -0.2) is 0 Å². The topological polar surface area (TPSA) is 110 Å². The molecular formula is C31H31N3O5. The molecule has 3 N–H and O–H groups in total. The minimum atomic E-state index is -0.675. The quantitative estimate of drug-likeness (QED) is 0.240. The number of hydrogen-bond donors (Lipinski definition) is 3. The maximum Gasteiger partial charge on any atom is 0.251 e. The van der Waals surface area contributed by atoms with Gasteiger partial charge in [0.2, 0.25) is 0 Å². The van der Waals surface area contributed by atoms with Gasteiger partial charge in [-0.05, 0) is 70.8 Å². The molecule has 1 aromatic heterocycles. The zero-order chi connectivity index (χ0) is 27.5. The normalized spacial score (nSPS) is 11.4. The number of pyridine rings is 1. The van der Waals surface area contributed by atoms with E-state index in [1.54, 1.807) is 55.9 Å². The highest BCUT2D eigenvalue weighted by atomic mass is 16.5. The van der Waals surface area contributed by atoms with Gasteiger partial charge in [0.15, 0.2) is 0 Å². The van der Waals surface area contributed by atoms with Crippen LogP contribution in [0.2, 0.25) is 0 Å². The molecule has 2 amide bonds. The van der Waals surface area contributed by atoms with E-state index < -0.39 is 6.04 Å². The van der Waals surface area contributed by atoms with E-state index in [-0.39, 0.29) is 18.4 Å². The van der Waals surface area contributed by atoms with Gasteiger partial charge in [-0.1, -0.05) is 36.4 Å². The number of nitrogens with one attached hydrogen (secondary N) is 2. The Morgan fingerprint density at radius 1 is 0.846 bits per heavy atom. The van der Waals surface area contributed by atoms with Gasteiger partial charge in [0, 0.05) is 37.2 Å². The molecule has 1 heterocycles. The minimum absolute atomic E-state index is 0.266. The zero-order valence-electron chi connectivity index (χ0n) is 21.7. The molecule has 0 aliphatic carbocycles. The molecule has 4 rings (SSSR count). The van der Waals surface area contributed by atoms with Crippen LogP contribution in [0.1, 0.15) is 37.9 Å². The van der Waals surface area contributed by atoms with Crippen LogP contribution in [0, 0.1) is 0 Å². The fraction of sp³-hybridized carbons (Fsp3) is 0.194. The van der Waals surface area contributed by atoms with Gasteiger partial charge >= 0.3 is 0 Å². The van der Waals surface area contributed by atoms with Crippen molar-refractivity contribution in [2.45, 2.75) is 12.6 Å². The van der Waals surface area contributed by atoms with Crippen LogP contribution < -0.4 is 15.4 Å². The number of ether oxygens (including phenoxy) is 2. The lowest BCUT2D eigenvalue weighted by Gasteiger charge is -2.18. The molecule has 0 unspecified atom stereocenters. The van der Waals surface area contributed by atoms with E-state index in [1.165, 1.54) is 0 Å². The van der Waals surface area contributed by atoms with Crippen molar-refractivity contribution in [1.82, 2.24) is 15.6 Å². The zero-order valence-corrected chi connectivity index (χ0v) is 21.7. The van der Waals surface area contributed by atoms with Gasteiger partial charge < -0.3 is 25.2 Å². The lowest BCUT2D eigenvalue weighted by molar-refractivity contribution is 0.0916. The molecule has 200 valence electrons. The number of benzene rings is 3. The third kappa shape index (κ3) is 7.73. The Labute approximate surface area is 227 Å². The molecule has 1 atom stereocenters. The fourth-order valence-electron chi connectivity index (χ4n) is 4.00. The first kappa shape index (κ1) is 27.5. The van der Waals surface area contributed by atoms with Crippen LogP contribution in [-0.4, -0.2) is 48.8 Å². The second kappa shape index (κ2) is 13.9. The smallest absolute Gasteiger partial charge is 0.251 e. The molecule has 0 bridgehead atoms. The van der Waals surface area contributed by atoms with Crippen LogP contribution in [0.5, 0.6) is 5.75 Å². The molecule has 0 fully saturated rings. The monoisotopic (exact) mass is 525 g/mol. The van der Waals surface area contributed by atoms with Gasteiger partial charge in [0.05, 0.1) is 19.3 Å². The molecule has 0 spiro atoms. The minimum Gasteiger partial charge on any atom is -0.491 e. The van der Waals surface area contributed by atoms with Gasteiger partial charge in [0.1, 0.15) is 12.4 Å². The van der Waals surface area contributed by atoms with Crippen molar-refractivity contribution in [3.63, 3.8) is 0 Å². The number of aliphatic hydroxyl groups excluding tert-OH is 1. The summed E-state index contributed by atoms with van der Waals surface area (Å²) in [5.41, 5.74) is 4.38. The largest absolute Gasteiger partial charge is 0.491 e. The number of carbonyl (C=O) groups excluding carboxylic acids is 2. The lowest BCUT2D eigenvalue weighted by atomic mass is 10.0. The predicted octanol–water partition coefficient (Wildman–Crippen LogP) is 4.17. The van der Waals surface area contributed by atoms with E-state index in [4.69, 9.17) is 9.47 Å². The lowest BCUT2D eigenvalue weighted by Crippen LogP contribution is -2.31. The van der Waals surface area contributed by atoms with Gasteiger partial charge in [-0.3, -0.25) is 14.6 Å². The van der Waals surface area contributed by atoms with Gasteiger partial charge in [-0.2, -0.15) is 0 Å². The average molecular weight is 526 g/mol. The summed E-state index contributed by atoms with van der Waals surface area (Å²) in [6.07, 6.45) is 3.43. The molecule has 4 aromatic rings. The van der Waals surface area contributed by atoms with Crippen LogP contribution >= 0.6 is 0 Å². The maximum absolute atomic E-state index is 12.9. The number of amides is 2. The predicted molar refractivity (Wildman–Crippen MR) is 148 cm³/mol. The molecular weight excluding hydrogens is 494 g/mol. The molecule has 0 aliphatic rings. The molecule has 0 saturated carbocycles. The summed E-state index contributed by atoms with van der Waals surface area (Å²) < 4.78 is 10.6. The van der Waals surface area contributed by atoms with Crippen LogP contribution in [-0.2, 0) is 11.3 Å². The second-order valence-corrected chi connectivity index (χ2v) is 8.82. The Kier molecular flexibility index (Phi) is 9.77. The van der Waals surface area contributed by atoms with Gasteiger partial charge in [0.25, 0.3) is 11.8 Å². The Morgan fingerprint density at radius 3 is 2.33 bits per heavy atom. The highest BCUT2D eigenvalue weighted by molar-refractivity contribution is 5.95. The number of aliphatic hydroxyl groups is 1. The summed E-state index contributed by atoms with van der Waals surface area (Å²) in [6.45, 7) is 0.936. The van der Waals surface area contributed by atoms with E-state index >= 15 is 0 Å². The first-order chi connectivity index (χ1) is 19.1. The Bertz CT molecular complexity index is 1380. The van der Waals surface area contributed by atoms with Crippen molar-refractivity contribution >= 4 is 11.8 Å². The highest BCUT2D eigenvalue weighted by Gasteiger charge is 2.17.